The van der Waals surface area contributed by atoms with Crippen LogP contribution >= 0.6 is 0 Å². The number of rotatable bonds is 6. The van der Waals surface area contributed by atoms with E-state index in [1.54, 1.807) is 25.4 Å². The van der Waals surface area contributed by atoms with Crippen molar-refractivity contribution in [3.8, 4) is 5.75 Å². The van der Waals surface area contributed by atoms with Crippen LogP contribution in [0.4, 0.5) is 4.39 Å². The van der Waals surface area contributed by atoms with Gasteiger partial charge >= 0.3 is 0 Å². The van der Waals surface area contributed by atoms with E-state index in [0.29, 0.717) is 25.1 Å². The van der Waals surface area contributed by atoms with Gasteiger partial charge in [0.25, 0.3) is 0 Å². The highest BCUT2D eigenvalue weighted by atomic mass is 19.1. The molecule has 0 atom stereocenters. The third-order valence-corrected chi connectivity index (χ3v) is 4.51. The van der Waals surface area contributed by atoms with Gasteiger partial charge < -0.3 is 14.6 Å². The molecule has 0 bridgehead atoms. The number of carbonyl (C=O) groups is 1. The first-order valence-corrected chi connectivity index (χ1v) is 8.48. The molecule has 2 aromatic heterocycles. The maximum Gasteiger partial charge on any atom is 0.216 e. The SMILES string of the molecule is COc1cnc2c(c1)c(CCNC(C)=O)c(Cc1ccc(F)cc1)n2C. The summed E-state index contributed by atoms with van der Waals surface area (Å²) in [6.45, 7) is 2.05. The Hall–Kier alpha value is -2.89. The molecule has 1 amide bonds. The average molecular weight is 355 g/mol. The van der Waals surface area contributed by atoms with Gasteiger partial charge in [0.2, 0.25) is 5.91 Å². The quantitative estimate of drug-likeness (QED) is 0.740. The Morgan fingerprint density at radius 1 is 1.31 bits per heavy atom. The van der Waals surface area contributed by atoms with E-state index >= 15 is 0 Å². The van der Waals surface area contributed by atoms with Crippen molar-refractivity contribution in [2.45, 2.75) is 19.8 Å². The lowest BCUT2D eigenvalue weighted by atomic mass is 10.0. The summed E-state index contributed by atoms with van der Waals surface area (Å²) in [6.07, 6.45) is 3.04. The first-order chi connectivity index (χ1) is 12.5. The van der Waals surface area contributed by atoms with Crippen LogP contribution in [0.2, 0.25) is 0 Å². The number of nitrogens with zero attached hydrogens (tertiary/aromatic N) is 2. The molecule has 2 heterocycles. The van der Waals surface area contributed by atoms with Gasteiger partial charge in [-0.15, -0.1) is 0 Å². The van der Waals surface area contributed by atoms with Gasteiger partial charge in [0.15, 0.2) is 0 Å². The van der Waals surface area contributed by atoms with E-state index in [1.807, 2.05) is 13.1 Å². The molecule has 0 fully saturated rings. The van der Waals surface area contributed by atoms with Crippen LogP contribution in [-0.2, 0) is 24.7 Å². The van der Waals surface area contributed by atoms with E-state index in [-0.39, 0.29) is 11.7 Å². The summed E-state index contributed by atoms with van der Waals surface area (Å²) in [5.41, 5.74) is 4.09. The number of amides is 1. The van der Waals surface area contributed by atoms with E-state index < -0.39 is 0 Å². The Balaban J connectivity index is 2.04. The fourth-order valence-corrected chi connectivity index (χ4v) is 3.19. The monoisotopic (exact) mass is 355 g/mol. The molecule has 6 heteroatoms. The zero-order chi connectivity index (χ0) is 18.7. The van der Waals surface area contributed by atoms with E-state index in [0.717, 1.165) is 27.9 Å². The number of ether oxygens (including phenoxy) is 1. The van der Waals surface area contributed by atoms with Crippen LogP contribution in [0.3, 0.4) is 0 Å². The number of aryl methyl sites for hydroxylation is 1. The maximum atomic E-state index is 13.2. The molecule has 0 aliphatic carbocycles. The lowest BCUT2D eigenvalue weighted by Gasteiger charge is -2.09. The van der Waals surface area contributed by atoms with Crippen LogP contribution in [0, 0.1) is 5.82 Å². The van der Waals surface area contributed by atoms with Crippen molar-refractivity contribution >= 4 is 16.9 Å². The van der Waals surface area contributed by atoms with E-state index in [9.17, 15) is 9.18 Å². The summed E-state index contributed by atoms with van der Waals surface area (Å²) in [6, 6.07) is 8.49. The Labute approximate surface area is 151 Å². The second-order valence-electron chi connectivity index (χ2n) is 6.27. The Kier molecular flexibility index (Phi) is 5.21. The van der Waals surface area contributed by atoms with Crippen LogP contribution < -0.4 is 10.1 Å². The van der Waals surface area contributed by atoms with Gasteiger partial charge in [0.1, 0.15) is 17.2 Å². The van der Waals surface area contributed by atoms with Crippen molar-refractivity contribution in [1.29, 1.82) is 0 Å². The zero-order valence-electron chi connectivity index (χ0n) is 15.2. The number of fused-ring (bicyclic) bond motifs is 1. The number of halogens is 1. The Bertz CT molecular complexity index is 932. The summed E-state index contributed by atoms with van der Waals surface area (Å²) in [5, 5.41) is 3.85. The number of methoxy groups -OCH3 is 1. The molecule has 0 saturated carbocycles. The predicted molar refractivity (Wildman–Crippen MR) is 98.9 cm³/mol. The van der Waals surface area contributed by atoms with Gasteiger partial charge in [0, 0.05) is 38.0 Å². The predicted octanol–water partition coefficient (Wildman–Crippen LogP) is 2.99. The molecule has 0 radical (unpaired) electrons. The number of nitrogens with one attached hydrogen (secondary N) is 1. The smallest absolute Gasteiger partial charge is 0.216 e. The number of aromatic nitrogens is 2. The largest absolute Gasteiger partial charge is 0.495 e. The average Bonchev–Trinajstić information content (AvgIpc) is 2.88. The first kappa shape index (κ1) is 17.9. The minimum absolute atomic E-state index is 0.0546. The fraction of sp³-hybridized carbons (Fsp3) is 0.300. The van der Waals surface area contributed by atoms with Gasteiger partial charge in [-0.25, -0.2) is 9.37 Å². The van der Waals surface area contributed by atoms with Gasteiger partial charge in [0.05, 0.1) is 13.3 Å². The molecule has 0 unspecified atom stereocenters. The lowest BCUT2D eigenvalue weighted by molar-refractivity contribution is -0.118. The van der Waals surface area contributed by atoms with Crippen molar-refractivity contribution in [1.82, 2.24) is 14.9 Å². The van der Waals surface area contributed by atoms with Crippen LogP contribution in [0.1, 0.15) is 23.7 Å². The summed E-state index contributed by atoms with van der Waals surface area (Å²) >= 11 is 0. The molecule has 26 heavy (non-hydrogen) atoms. The molecule has 0 saturated heterocycles. The van der Waals surface area contributed by atoms with Gasteiger partial charge in [-0.1, -0.05) is 12.1 Å². The normalized spacial score (nSPS) is 10.9. The van der Waals surface area contributed by atoms with Crippen LogP contribution in [0.25, 0.3) is 11.0 Å². The fourth-order valence-electron chi connectivity index (χ4n) is 3.19. The number of carbonyl (C=O) groups excluding carboxylic acids is 1. The zero-order valence-corrected chi connectivity index (χ0v) is 15.2. The molecule has 0 aliphatic rings. The second kappa shape index (κ2) is 7.56. The van der Waals surface area contributed by atoms with E-state index in [2.05, 4.69) is 14.9 Å². The molecule has 0 aliphatic heterocycles. The molecule has 3 aromatic rings. The maximum absolute atomic E-state index is 13.2. The molecular formula is C20H22FN3O2. The highest BCUT2D eigenvalue weighted by Gasteiger charge is 2.17. The van der Waals surface area contributed by atoms with E-state index in [4.69, 9.17) is 4.74 Å². The summed E-state index contributed by atoms with van der Waals surface area (Å²) < 4.78 is 20.6. The third kappa shape index (κ3) is 3.69. The number of pyridine rings is 1. The Morgan fingerprint density at radius 2 is 2.04 bits per heavy atom. The molecule has 1 N–H and O–H groups in total. The van der Waals surface area contributed by atoms with E-state index in [1.165, 1.54) is 19.1 Å². The number of hydrogen-bond donors (Lipinski definition) is 1. The van der Waals surface area contributed by atoms with Crippen LogP contribution in [0.15, 0.2) is 36.5 Å². The Morgan fingerprint density at radius 3 is 2.69 bits per heavy atom. The minimum Gasteiger partial charge on any atom is -0.495 e. The number of benzene rings is 1. The van der Waals surface area contributed by atoms with Crippen molar-refractivity contribution in [2.24, 2.45) is 7.05 Å². The summed E-state index contributed by atoms with van der Waals surface area (Å²) in [5.74, 6) is 0.390. The molecule has 3 rings (SSSR count). The highest BCUT2D eigenvalue weighted by Crippen LogP contribution is 2.29. The number of hydrogen-bond acceptors (Lipinski definition) is 3. The summed E-state index contributed by atoms with van der Waals surface area (Å²) in [4.78, 5) is 15.7. The van der Waals surface area contributed by atoms with Crippen molar-refractivity contribution in [2.75, 3.05) is 13.7 Å². The topological polar surface area (TPSA) is 56.1 Å². The second-order valence-corrected chi connectivity index (χ2v) is 6.27. The lowest BCUT2D eigenvalue weighted by Crippen LogP contribution is -2.22. The summed E-state index contributed by atoms with van der Waals surface area (Å²) in [7, 11) is 3.59. The van der Waals surface area contributed by atoms with Crippen molar-refractivity contribution in [3.05, 3.63) is 59.2 Å². The molecular weight excluding hydrogens is 333 g/mol. The molecule has 136 valence electrons. The van der Waals surface area contributed by atoms with Crippen molar-refractivity contribution < 1.29 is 13.9 Å². The minimum atomic E-state index is -0.247. The van der Waals surface area contributed by atoms with Crippen LogP contribution in [-0.4, -0.2) is 29.1 Å². The van der Waals surface area contributed by atoms with Gasteiger partial charge in [-0.2, -0.15) is 0 Å². The first-order valence-electron chi connectivity index (χ1n) is 8.48. The highest BCUT2D eigenvalue weighted by molar-refractivity contribution is 5.84. The standard InChI is InChI=1S/C20H22FN3O2/c1-13(25)22-9-8-17-18-11-16(26-3)12-23-20(18)24(2)19(17)10-14-4-6-15(21)7-5-14/h4-7,11-12H,8-10H2,1-3H3,(H,22,25). The third-order valence-electron chi connectivity index (χ3n) is 4.51. The van der Waals surface area contributed by atoms with Crippen LogP contribution in [0.5, 0.6) is 5.75 Å². The van der Waals surface area contributed by atoms with Gasteiger partial charge in [-0.3, -0.25) is 4.79 Å². The van der Waals surface area contributed by atoms with Crippen molar-refractivity contribution in [3.63, 3.8) is 0 Å². The molecule has 0 spiro atoms. The molecule has 1 aromatic carbocycles. The van der Waals surface area contributed by atoms with Gasteiger partial charge in [-0.05, 0) is 35.7 Å². The molecule has 5 nitrogen and oxygen atoms in total.